The molecule has 2 aliphatic rings. The number of nitrogens with one attached hydrogen (secondary N) is 2. The first kappa shape index (κ1) is 29.7. The van der Waals surface area contributed by atoms with Gasteiger partial charge in [0.2, 0.25) is 5.60 Å². The van der Waals surface area contributed by atoms with Crippen molar-refractivity contribution < 1.29 is 28.6 Å². The largest absolute Gasteiger partial charge is 0.486 e. The third-order valence-corrected chi connectivity index (χ3v) is 6.81. The molecule has 1 aromatic carbocycles. The summed E-state index contributed by atoms with van der Waals surface area (Å²) in [5.41, 5.74) is -0.978. The number of hydrogen-bond donors (Lipinski definition) is 3. The van der Waals surface area contributed by atoms with Crippen molar-refractivity contribution in [3.8, 4) is 5.75 Å². The number of amidine groups is 1. The lowest BCUT2D eigenvalue weighted by Gasteiger charge is -2.39. The van der Waals surface area contributed by atoms with Gasteiger partial charge in [0.1, 0.15) is 28.9 Å². The summed E-state index contributed by atoms with van der Waals surface area (Å²) in [6.45, 7) is 15.1. The standard InChI is InChI=1S/C28H44N4O6/c1-17-15-20(13-14-32(17)25(34)37-27(5,6)7)31-23(29)19-9-11-21-18(16-19)10-12-22(35-21)28(8,38-30)24(33)36-26(2,3)4/h9,11,16-17,20,22H,10,12-15,30H2,1-8H3,(H2,29,31)/t17-,20-,22-,28+/m1/s1. The van der Waals surface area contributed by atoms with Crippen LogP contribution in [0.4, 0.5) is 4.79 Å². The molecule has 2 heterocycles. The molecule has 10 nitrogen and oxygen atoms in total. The second kappa shape index (κ2) is 11.1. The zero-order valence-electron chi connectivity index (χ0n) is 24.0. The highest BCUT2D eigenvalue weighted by Crippen LogP contribution is 2.35. The normalized spacial score (nSPS) is 23.4. The SMILES string of the molecule is C[C@@H]1C[C@H](NC(=N)c2ccc3c(c2)CC[C@H]([C@](C)(ON)C(=O)OC(C)(C)C)O3)CCN1C(=O)OC(C)(C)C. The monoisotopic (exact) mass is 532 g/mol. The zero-order valence-corrected chi connectivity index (χ0v) is 24.0. The van der Waals surface area contributed by atoms with Crippen molar-refractivity contribution in [2.75, 3.05) is 6.54 Å². The molecule has 0 unspecified atom stereocenters. The number of likely N-dealkylation sites (tertiary alicyclic amines) is 1. The first-order valence-electron chi connectivity index (χ1n) is 13.3. The lowest BCUT2D eigenvalue weighted by atomic mass is 9.90. The van der Waals surface area contributed by atoms with E-state index in [1.807, 2.05) is 45.9 Å². The van der Waals surface area contributed by atoms with E-state index in [2.05, 4.69) is 5.32 Å². The molecule has 0 bridgehead atoms. The molecule has 4 N–H and O–H groups in total. The van der Waals surface area contributed by atoms with E-state index in [0.29, 0.717) is 31.0 Å². The fourth-order valence-corrected chi connectivity index (χ4v) is 4.75. The van der Waals surface area contributed by atoms with Gasteiger partial charge >= 0.3 is 12.1 Å². The molecule has 1 fully saturated rings. The number of ether oxygens (including phenoxy) is 3. The molecule has 3 rings (SSSR count). The Morgan fingerprint density at radius 1 is 1.08 bits per heavy atom. The molecule has 38 heavy (non-hydrogen) atoms. The van der Waals surface area contributed by atoms with Crippen LogP contribution >= 0.6 is 0 Å². The van der Waals surface area contributed by atoms with Gasteiger partial charge < -0.3 is 24.4 Å². The molecule has 1 amide bonds. The summed E-state index contributed by atoms with van der Waals surface area (Å²) in [4.78, 5) is 32.2. The van der Waals surface area contributed by atoms with Gasteiger partial charge in [-0.1, -0.05) is 0 Å². The summed E-state index contributed by atoms with van der Waals surface area (Å²) in [6, 6.07) is 5.65. The van der Waals surface area contributed by atoms with Crippen molar-refractivity contribution in [3.63, 3.8) is 0 Å². The van der Waals surface area contributed by atoms with E-state index in [1.54, 1.807) is 32.6 Å². The zero-order chi connectivity index (χ0) is 28.5. The fourth-order valence-electron chi connectivity index (χ4n) is 4.75. The molecule has 10 heteroatoms. The van der Waals surface area contributed by atoms with Crippen LogP contribution in [0.5, 0.6) is 5.75 Å². The van der Waals surface area contributed by atoms with Gasteiger partial charge in [-0.2, -0.15) is 0 Å². The topological polar surface area (TPSA) is 136 Å². The number of amides is 1. The Morgan fingerprint density at radius 3 is 2.32 bits per heavy atom. The van der Waals surface area contributed by atoms with Crippen LogP contribution in [0.3, 0.4) is 0 Å². The van der Waals surface area contributed by atoms with Crippen molar-refractivity contribution in [1.29, 1.82) is 5.41 Å². The minimum atomic E-state index is -1.46. The van der Waals surface area contributed by atoms with Crippen LogP contribution < -0.4 is 16.0 Å². The van der Waals surface area contributed by atoms with Crippen LogP contribution in [0.25, 0.3) is 0 Å². The quantitative estimate of drug-likeness (QED) is 0.223. The maximum atomic E-state index is 12.8. The summed E-state index contributed by atoms with van der Waals surface area (Å²) in [6.07, 6.45) is 1.67. The Kier molecular flexibility index (Phi) is 8.67. The van der Waals surface area contributed by atoms with Crippen molar-refractivity contribution in [2.45, 2.75) is 116 Å². The second-order valence-corrected chi connectivity index (χ2v) is 12.5. The van der Waals surface area contributed by atoms with E-state index in [1.165, 1.54) is 0 Å². The summed E-state index contributed by atoms with van der Waals surface area (Å²) >= 11 is 0. The molecule has 0 spiro atoms. The summed E-state index contributed by atoms with van der Waals surface area (Å²) in [5.74, 6) is 5.92. The molecular weight excluding hydrogens is 488 g/mol. The molecule has 1 aromatic rings. The number of aryl methyl sites for hydroxylation is 1. The van der Waals surface area contributed by atoms with Gasteiger partial charge in [-0.05, 0) is 105 Å². The number of esters is 1. The average molecular weight is 533 g/mol. The number of benzene rings is 1. The van der Waals surface area contributed by atoms with E-state index in [0.717, 1.165) is 24.0 Å². The van der Waals surface area contributed by atoms with Crippen LogP contribution in [0, 0.1) is 5.41 Å². The minimum Gasteiger partial charge on any atom is -0.486 e. The number of fused-ring (bicyclic) bond motifs is 1. The molecule has 212 valence electrons. The third-order valence-electron chi connectivity index (χ3n) is 6.81. The van der Waals surface area contributed by atoms with Gasteiger partial charge in [-0.15, -0.1) is 0 Å². The molecule has 0 saturated carbocycles. The van der Waals surface area contributed by atoms with Gasteiger partial charge in [0, 0.05) is 24.2 Å². The van der Waals surface area contributed by atoms with Crippen LogP contribution in [0.15, 0.2) is 18.2 Å². The number of nitrogens with zero attached hydrogens (tertiary/aromatic N) is 1. The molecule has 0 radical (unpaired) electrons. The summed E-state index contributed by atoms with van der Waals surface area (Å²) < 4.78 is 17.2. The van der Waals surface area contributed by atoms with Crippen LogP contribution in [-0.4, -0.2) is 64.3 Å². The van der Waals surface area contributed by atoms with Crippen LogP contribution in [0.1, 0.15) is 85.8 Å². The Hall–Kier alpha value is -2.85. The highest BCUT2D eigenvalue weighted by atomic mass is 16.7. The van der Waals surface area contributed by atoms with Crippen molar-refractivity contribution in [2.24, 2.45) is 5.90 Å². The molecule has 0 aromatic heterocycles. The molecule has 2 aliphatic heterocycles. The van der Waals surface area contributed by atoms with Gasteiger partial charge in [0.25, 0.3) is 0 Å². The number of carbonyl (C=O) groups excluding carboxylic acids is 2. The van der Waals surface area contributed by atoms with Gasteiger partial charge in [0.05, 0.1) is 0 Å². The smallest absolute Gasteiger partial charge is 0.410 e. The third kappa shape index (κ3) is 7.17. The van der Waals surface area contributed by atoms with E-state index in [4.69, 9.17) is 30.4 Å². The van der Waals surface area contributed by atoms with E-state index in [9.17, 15) is 9.59 Å². The average Bonchev–Trinajstić information content (AvgIpc) is 2.80. The fraction of sp³-hybridized carbons (Fsp3) is 0.679. The maximum absolute atomic E-state index is 12.8. The Morgan fingerprint density at radius 2 is 1.74 bits per heavy atom. The molecule has 1 saturated heterocycles. The van der Waals surface area contributed by atoms with E-state index in [-0.39, 0.29) is 18.2 Å². The predicted octanol–water partition coefficient (Wildman–Crippen LogP) is 4.07. The lowest BCUT2D eigenvalue weighted by Crippen LogP contribution is -2.56. The van der Waals surface area contributed by atoms with Crippen molar-refractivity contribution in [3.05, 3.63) is 29.3 Å². The first-order valence-corrected chi connectivity index (χ1v) is 13.3. The van der Waals surface area contributed by atoms with Crippen LogP contribution in [-0.2, 0) is 25.5 Å². The number of nitrogens with two attached hydrogens (primary N) is 1. The number of carbonyl (C=O) groups is 2. The molecule has 4 atom stereocenters. The minimum absolute atomic E-state index is 0.00168. The molecular formula is C28H44N4O6. The summed E-state index contributed by atoms with van der Waals surface area (Å²) in [7, 11) is 0. The van der Waals surface area contributed by atoms with Gasteiger partial charge in [-0.3, -0.25) is 10.2 Å². The summed E-state index contributed by atoms with van der Waals surface area (Å²) in [5, 5.41) is 12.0. The number of hydrogen-bond acceptors (Lipinski definition) is 8. The highest BCUT2D eigenvalue weighted by Gasteiger charge is 2.48. The number of piperidine rings is 1. The Labute approximate surface area is 226 Å². The second-order valence-electron chi connectivity index (χ2n) is 12.5. The predicted molar refractivity (Wildman–Crippen MR) is 144 cm³/mol. The highest BCUT2D eigenvalue weighted by molar-refractivity contribution is 5.97. The van der Waals surface area contributed by atoms with Crippen LogP contribution in [0.2, 0.25) is 0 Å². The van der Waals surface area contributed by atoms with Crippen molar-refractivity contribution in [1.82, 2.24) is 10.2 Å². The lowest BCUT2D eigenvalue weighted by molar-refractivity contribution is -0.196. The van der Waals surface area contributed by atoms with Crippen molar-refractivity contribution >= 4 is 17.9 Å². The van der Waals surface area contributed by atoms with E-state index < -0.39 is 28.9 Å². The van der Waals surface area contributed by atoms with E-state index >= 15 is 0 Å². The maximum Gasteiger partial charge on any atom is 0.410 e. The molecule has 0 aliphatic carbocycles. The Balaban J connectivity index is 1.62. The first-order chi connectivity index (χ1) is 17.5. The van der Waals surface area contributed by atoms with Gasteiger partial charge in [0.15, 0.2) is 0 Å². The number of rotatable bonds is 5. The van der Waals surface area contributed by atoms with Gasteiger partial charge in [-0.25, -0.2) is 15.5 Å². The Bertz CT molecular complexity index is 1050.